The van der Waals surface area contributed by atoms with E-state index in [1.165, 1.54) is 0 Å². The summed E-state index contributed by atoms with van der Waals surface area (Å²) < 4.78 is 0. The van der Waals surface area contributed by atoms with E-state index in [4.69, 9.17) is 11.6 Å². The van der Waals surface area contributed by atoms with Gasteiger partial charge >= 0.3 is 0 Å². The van der Waals surface area contributed by atoms with Gasteiger partial charge in [0.05, 0.1) is 16.1 Å². The lowest BCUT2D eigenvalue weighted by molar-refractivity contribution is 0.0915. The van der Waals surface area contributed by atoms with Gasteiger partial charge in [-0.2, -0.15) is 0 Å². The van der Waals surface area contributed by atoms with Crippen molar-refractivity contribution in [1.82, 2.24) is 5.32 Å². The minimum Gasteiger partial charge on any atom is -0.345 e. The summed E-state index contributed by atoms with van der Waals surface area (Å²) in [4.78, 5) is 12.3. The van der Waals surface area contributed by atoms with Gasteiger partial charge in [0.25, 0.3) is 5.91 Å². The van der Waals surface area contributed by atoms with Gasteiger partial charge in [0, 0.05) is 10.7 Å². The summed E-state index contributed by atoms with van der Waals surface area (Å²) in [6.45, 7) is 3.93. The normalized spacial score (nSPS) is 11.4. The highest BCUT2D eigenvalue weighted by Crippen LogP contribution is 2.23. The zero-order valence-corrected chi connectivity index (χ0v) is 14.3. The molecule has 2 nitrogen and oxygen atoms in total. The first-order valence-electron chi connectivity index (χ1n) is 5.69. The van der Waals surface area contributed by atoms with Gasteiger partial charge in [-0.25, -0.2) is 0 Å². The fourth-order valence-electron chi connectivity index (χ4n) is 1.51. The third-order valence-electron chi connectivity index (χ3n) is 3.00. The summed E-state index contributed by atoms with van der Waals surface area (Å²) in [5.41, 5.74) is 1.14. The van der Waals surface area contributed by atoms with Gasteiger partial charge < -0.3 is 5.32 Å². The maximum absolute atomic E-state index is 12.3. The minimum absolute atomic E-state index is 0.135. The van der Waals surface area contributed by atoms with Gasteiger partial charge in [-0.05, 0) is 25.0 Å². The molecule has 1 aromatic rings. The van der Waals surface area contributed by atoms with Crippen LogP contribution in [0, 0.1) is 6.92 Å². The van der Waals surface area contributed by atoms with E-state index in [0.717, 1.165) is 12.0 Å². The fourth-order valence-corrected chi connectivity index (χ4v) is 3.72. The minimum atomic E-state index is -0.288. The number of hydrogen-bond donors (Lipinski definition) is 1. The number of carbonyl (C=O) groups excluding carboxylic acids is 1. The Morgan fingerprint density at radius 3 is 2.50 bits per heavy atom. The summed E-state index contributed by atoms with van der Waals surface area (Å²) in [6, 6.07) is 5.47. The van der Waals surface area contributed by atoms with Crippen LogP contribution >= 0.6 is 43.5 Å². The van der Waals surface area contributed by atoms with Crippen molar-refractivity contribution in [2.75, 3.05) is 10.7 Å². The molecule has 0 unspecified atom stereocenters. The number of alkyl halides is 2. The number of halogens is 3. The lowest BCUT2D eigenvalue weighted by Gasteiger charge is -2.30. The van der Waals surface area contributed by atoms with Crippen LogP contribution in [0.15, 0.2) is 18.2 Å². The smallest absolute Gasteiger partial charge is 0.253 e. The third kappa shape index (κ3) is 3.49. The topological polar surface area (TPSA) is 29.1 Å². The van der Waals surface area contributed by atoms with Gasteiger partial charge in [-0.3, -0.25) is 4.79 Å². The predicted molar refractivity (Wildman–Crippen MR) is 84.3 cm³/mol. The van der Waals surface area contributed by atoms with Gasteiger partial charge in [0.2, 0.25) is 0 Å². The number of nitrogens with one attached hydrogen (secondary N) is 1. The first-order valence-corrected chi connectivity index (χ1v) is 8.31. The Balaban J connectivity index is 2.98. The van der Waals surface area contributed by atoms with Gasteiger partial charge in [-0.15, -0.1) is 0 Å². The Morgan fingerprint density at radius 2 is 2.00 bits per heavy atom. The van der Waals surface area contributed by atoms with Crippen molar-refractivity contribution in [3.8, 4) is 0 Å². The molecule has 0 radical (unpaired) electrons. The van der Waals surface area contributed by atoms with Gasteiger partial charge in [-0.1, -0.05) is 62.5 Å². The van der Waals surface area contributed by atoms with Crippen LogP contribution in [0.4, 0.5) is 0 Å². The maximum atomic E-state index is 12.3. The lowest BCUT2D eigenvalue weighted by Crippen LogP contribution is -2.51. The molecule has 0 saturated heterocycles. The zero-order valence-electron chi connectivity index (χ0n) is 10.4. The van der Waals surface area contributed by atoms with Crippen LogP contribution in [0.5, 0.6) is 0 Å². The van der Waals surface area contributed by atoms with Crippen LogP contribution in [0.3, 0.4) is 0 Å². The van der Waals surface area contributed by atoms with Crippen LogP contribution in [0.1, 0.15) is 29.3 Å². The molecule has 5 heteroatoms. The van der Waals surface area contributed by atoms with Crippen molar-refractivity contribution in [2.24, 2.45) is 0 Å². The number of aryl methyl sites for hydroxylation is 1. The highest BCUT2D eigenvalue weighted by atomic mass is 79.9. The Bertz CT molecular complexity index is 425. The Hall–Kier alpha value is -0.0600. The highest BCUT2D eigenvalue weighted by molar-refractivity contribution is 9.09. The second kappa shape index (κ2) is 6.92. The molecule has 1 rings (SSSR count). The Labute approximate surface area is 130 Å². The standard InChI is InChI=1S/C13H16Br2ClNO/c1-3-13(7-14,8-15)17-12(18)10-6-4-5-9(2)11(10)16/h4-6H,3,7-8H2,1-2H3,(H,17,18). The average molecular weight is 398 g/mol. The molecule has 0 spiro atoms. The van der Waals surface area contributed by atoms with E-state index in [9.17, 15) is 4.79 Å². The molecular formula is C13H16Br2ClNO. The molecule has 0 aliphatic heterocycles. The molecule has 1 aromatic carbocycles. The number of benzene rings is 1. The van der Waals surface area contributed by atoms with Crippen molar-refractivity contribution < 1.29 is 4.79 Å². The van der Waals surface area contributed by atoms with Crippen LogP contribution < -0.4 is 5.32 Å². The van der Waals surface area contributed by atoms with E-state index < -0.39 is 0 Å². The third-order valence-corrected chi connectivity index (χ3v) is 5.65. The average Bonchev–Trinajstić information content (AvgIpc) is 2.39. The summed E-state index contributed by atoms with van der Waals surface area (Å²) >= 11 is 13.1. The summed E-state index contributed by atoms with van der Waals surface area (Å²) in [5, 5.41) is 4.95. The van der Waals surface area contributed by atoms with Crippen molar-refractivity contribution in [1.29, 1.82) is 0 Å². The number of amides is 1. The summed E-state index contributed by atoms with van der Waals surface area (Å²) in [5.74, 6) is -0.135. The molecule has 0 aliphatic carbocycles. The molecule has 0 atom stereocenters. The van der Waals surface area contributed by atoms with Crippen molar-refractivity contribution in [3.05, 3.63) is 34.3 Å². The number of carbonyl (C=O) groups is 1. The molecular weight excluding hydrogens is 381 g/mol. The van der Waals surface area contributed by atoms with E-state index in [1.54, 1.807) is 6.07 Å². The van der Waals surface area contributed by atoms with E-state index in [1.807, 2.05) is 26.0 Å². The second-order valence-electron chi connectivity index (χ2n) is 4.29. The SMILES string of the molecule is CCC(CBr)(CBr)NC(=O)c1cccc(C)c1Cl. The monoisotopic (exact) mass is 395 g/mol. The van der Waals surface area contributed by atoms with Crippen LogP contribution in [0.25, 0.3) is 0 Å². The molecule has 0 aliphatic rings. The highest BCUT2D eigenvalue weighted by Gasteiger charge is 2.28. The zero-order chi connectivity index (χ0) is 13.8. The lowest BCUT2D eigenvalue weighted by atomic mass is 10.0. The van der Waals surface area contributed by atoms with Gasteiger partial charge in [0.1, 0.15) is 0 Å². The van der Waals surface area contributed by atoms with Crippen molar-refractivity contribution in [3.63, 3.8) is 0 Å². The Kier molecular flexibility index (Phi) is 6.15. The first kappa shape index (κ1) is 16.0. The van der Waals surface area contributed by atoms with Crippen LogP contribution in [-0.4, -0.2) is 22.1 Å². The summed E-state index contributed by atoms with van der Waals surface area (Å²) in [6.07, 6.45) is 0.832. The van der Waals surface area contributed by atoms with E-state index >= 15 is 0 Å². The molecule has 0 fully saturated rings. The Morgan fingerprint density at radius 1 is 1.39 bits per heavy atom. The summed E-state index contributed by atoms with van der Waals surface area (Å²) in [7, 11) is 0. The van der Waals surface area contributed by atoms with E-state index in [2.05, 4.69) is 37.2 Å². The number of hydrogen-bond acceptors (Lipinski definition) is 1. The van der Waals surface area contributed by atoms with Crippen molar-refractivity contribution >= 4 is 49.4 Å². The molecule has 1 amide bonds. The van der Waals surface area contributed by atoms with Crippen LogP contribution in [0.2, 0.25) is 5.02 Å². The molecule has 100 valence electrons. The number of rotatable bonds is 5. The largest absolute Gasteiger partial charge is 0.345 e. The molecule has 0 bridgehead atoms. The van der Waals surface area contributed by atoms with E-state index in [0.29, 0.717) is 21.2 Å². The predicted octanol–water partition coefficient (Wildman–Crippen LogP) is 4.32. The fraction of sp³-hybridized carbons (Fsp3) is 0.462. The van der Waals surface area contributed by atoms with E-state index in [-0.39, 0.29) is 11.4 Å². The first-order chi connectivity index (χ1) is 8.49. The quantitative estimate of drug-likeness (QED) is 0.737. The maximum Gasteiger partial charge on any atom is 0.253 e. The molecule has 0 heterocycles. The molecule has 0 saturated carbocycles. The second-order valence-corrected chi connectivity index (χ2v) is 5.79. The van der Waals surface area contributed by atoms with Crippen LogP contribution in [-0.2, 0) is 0 Å². The molecule has 0 aromatic heterocycles. The van der Waals surface area contributed by atoms with Crippen molar-refractivity contribution in [2.45, 2.75) is 25.8 Å². The molecule has 18 heavy (non-hydrogen) atoms. The van der Waals surface area contributed by atoms with Gasteiger partial charge in [0.15, 0.2) is 0 Å². The molecule has 1 N–H and O–H groups in total.